The first-order chi connectivity index (χ1) is 9.31. The van der Waals surface area contributed by atoms with Gasteiger partial charge in [-0.3, -0.25) is 0 Å². The Balaban J connectivity index is 2.44. The number of sulfone groups is 1. The molecule has 0 atom stereocenters. The molecule has 0 bridgehead atoms. The Morgan fingerprint density at radius 1 is 1.00 bits per heavy atom. The van der Waals surface area contributed by atoms with Gasteiger partial charge in [-0.05, 0) is 24.3 Å². The Kier molecular flexibility index (Phi) is 3.71. The summed E-state index contributed by atoms with van der Waals surface area (Å²) in [6.45, 7) is 0. The van der Waals surface area contributed by atoms with Crippen molar-refractivity contribution in [2.75, 3.05) is 5.73 Å². The molecule has 20 heavy (non-hydrogen) atoms. The van der Waals surface area contributed by atoms with Gasteiger partial charge in [0.25, 0.3) is 0 Å². The van der Waals surface area contributed by atoms with Crippen molar-refractivity contribution in [3.8, 4) is 0 Å². The average Bonchev–Trinajstić information content (AvgIpc) is 2.34. The number of anilines is 1. The third-order valence-electron chi connectivity index (χ3n) is 2.67. The van der Waals surface area contributed by atoms with Crippen LogP contribution < -0.4 is 5.73 Å². The van der Waals surface area contributed by atoms with Crippen LogP contribution in [0.1, 0.15) is 5.56 Å². The topological polar surface area (TPSA) is 60.2 Å². The fourth-order valence-electron chi connectivity index (χ4n) is 1.71. The fourth-order valence-corrected chi connectivity index (χ4v) is 3.13. The van der Waals surface area contributed by atoms with E-state index in [1.165, 1.54) is 12.1 Å². The summed E-state index contributed by atoms with van der Waals surface area (Å²) < 4.78 is 64.1. The first-order valence-corrected chi connectivity index (χ1v) is 7.17. The van der Waals surface area contributed by atoms with E-state index in [2.05, 4.69) is 0 Å². The molecule has 2 aromatic rings. The second kappa shape index (κ2) is 5.16. The van der Waals surface area contributed by atoms with Crippen LogP contribution in [-0.2, 0) is 15.6 Å². The van der Waals surface area contributed by atoms with E-state index in [0.29, 0.717) is 0 Å². The molecule has 3 nitrogen and oxygen atoms in total. The zero-order valence-electron chi connectivity index (χ0n) is 10.1. The average molecular weight is 301 g/mol. The lowest BCUT2D eigenvalue weighted by molar-refractivity contribution is 0.500. The van der Waals surface area contributed by atoms with Crippen molar-refractivity contribution in [1.29, 1.82) is 0 Å². The van der Waals surface area contributed by atoms with Crippen molar-refractivity contribution >= 4 is 15.5 Å². The number of hydrogen-bond donors (Lipinski definition) is 1. The molecule has 0 amide bonds. The molecule has 7 heteroatoms. The van der Waals surface area contributed by atoms with E-state index in [1.807, 2.05) is 0 Å². The highest BCUT2D eigenvalue weighted by Crippen LogP contribution is 2.23. The number of benzene rings is 2. The lowest BCUT2D eigenvalue weighted by atomic mass is 10.2. The van der Waals surface area contributed by atoms with Crippen LogP contribution in [0.4, 0.5) is 18.9 Å². The van der Waals surface area contributed by atoms with Gasteiger partial charge in [0.15, 0.2) is 21.5 Å². The second-order valence-electron chi connectivity index (χ2n) is 4.16. The molecule has 0 unspecified atom stereocenters. The van der Waals surface area contributed by atoms with Gasteiger partial charge < -0.3 is 5.73 Å². The fraction of sp³-hybridized carbons (Fsp3) is 0.0769. The molecule has 0 aromatic heterocycles. The van der Waals surface area contributed by atoms with Gasteiger partial charge in [0, 0.05) is 11.3 Å². The first-order valence-electron chi connectivity index (χ1n) is 5.52. The first kappa shape index (κ1) is 14.4. The van der Waals surface area contributed by atoms with Crippen LogP contribution in [0.2, 0.25) is 0 Å². The molecule has 0 aliphatic carbocycles. The van der Waals surface area contributed by atoms with Crippen molar-refractivity contribution < 1.29 is 21.6 Å². The molecule has 0 fully saturated rings. The van der Waals surface area contributed by atoms with Gasteiger partial charge >= 0.3 is 0 Å². The predicted molar refractivity (Wildman–Crippen MR) is 68.1 cm³/mol. The van der Waals surface area contributed by atoms with Crippen molar-refractivity contribution in [3.63, 3.8) is 0 Å². The van der Waals surface area contributed by atoms with Gasteiger partial charge in [0.1, 0.15) is 10.7 Å². The molecule has 0 aliphatic rings. The largest absolute Gasteiger partial charge is 0.399 e. The number of halogens is 3. The van der Waals surface area contributed by atoms with Crippen LogP contribution in [0.5, 0.6) is 0 Å². The third kappa shape index (κ3) is 2.77. The zero-order valence-corrected chi connectivity index (χ0v) is 10.9. The van der Waals surface area contributed by atoms with Gasteiger partial charge in [0.2, 0.25) is 0 Å². The van der Waals surface area contributed by atoms with Crippen LogP contribution in [-0.4, -0.2) is 8.42 Å². The smallest absolute Gasteiger partial charge is 0.185 e. The summed E-state index contributed by atoms with van der Waals surface area (Å²) in [5, 5.41) is 0. The Labute approximate surface area is 113 Å². The van der Waals surface area contributed by atoms with Gasteiger partial charge in [-0.1, -0.05) is 12.1 Å². The van der Waals surface area contributed by atoms with Crippen LogP contribution in [0.25, 0.3) is 0 Å². The van der Waals surface area contributed by atoms with E-state index in [-0.39, 0.29) is 11.3 Å². The van der Waals surface area contributed by atoms with Gasteiger partial charge in [-0.2, -0.15) is 0 Å². The highest BCUT2D eigenvalue weighted by molar-refractivity contribution is 7.90. The summed E-state index contributed by atoms with van der Waals surface area (Å²) in [6.07, 6.45) is 0. The molecule has 0 saturated carbocycles. The summed E-state index contributed by atoms with van der Waals surface area (Å²) >= 11 is 0. The molecule has 106 valence electrons. The predicted octanol–water partition coefficient (Wildman–Crippen LogP) is 2.66. The van der Waals surface area contributed by atoms with E-state index in [4.69, 9.17) is 5.73 Å². The number of hydrogen-bond acceptors (Lipinski definition) is 3. The molecule has 2 aromatic carbocycles. The van der Waals surface area contributed by atoms with Crippen LogP contribution >= 0.6 is 0 Å². The highest BCUT2D eigenvalue weighted by Gasteiger charge is 2.22. The maximum atomic E-state index is 13.6. The molecule has 0 heterocycles. The van der Waals surface area contributed by atoms with Crippen molar-refractivity contribution in [1.82, 2.24) is 0 Å². The third-order valence-corrected chi connectivity index (χ3v) is 4.36. The van der Waals surface area contributed by atoms with Gasteiger partial charge in [-0.25, -0.2) is 21.6 Å². The Hall–Kier alpha value is -2.02. The quantitative estimate of drug-likeness (QED) is 0.887. The molecule has 0 spiro atoms. The van der Waals surface area contributed by atoms with Crippen molar-refractivity contribution in [3.05, 3.63) is 59.4 Å². The summed E-state index contributed by atoms with van der Waals surface area (Å²) in [4.78, 5) is -0.602. The van der Waals surface area contributed by atoms with Crippen LogP contribution in [0.15, 0.2) is 41.3 Å². The van der Waals surface area contributed by atoms with E-state index in [0.717, 1.165) is 24.3 Å². The molecule has 0 saturated heterocycles. The summed E-state index contributed by atoms with van der Waals surface area (Å²) in [6, 6.07) is 6.26. The molecular weight excluding hydrogens is 291 g/mol. The lowest BCUT2D eigenvalue weighted by Gasteiger charge is -2.07. The normalized spacial score (nSPS) is 11.6. The molecule has 2 N–H and O–H groups in total. The monoisotopic (exact) mass is 301 g/mol. The second-order valence-corrected chi connectivity index (χ2v) is 6.12. The van der Waals surface area contributed by atoms with E-state index < -0.39 is 37.9 Å². The van der Waals surface area contributed by atoms with Crippen LogP contribution in [0.3, 0.4) is 0 Å². The summed E-state index contributed by atoms with van der Waals surface area (Å²) in [5.74, 6) is -4.28. The minimum Gasteiger partial charge on any atom is -0.399 e. The standard InChI is InChI=1S/C13H10F3NO2S/c14-10-3-1-2-8(13(10)16)7-20(18,19)12-5-4-9(17)6-11(12)15/h1-6H,7,17H2. The minimum atomic E-state index is -4.14. The molecule has 0 radical (unpaired) electrons. The maximum Gasteiger partial charge on any atom is 0.185 e. The van der Waals surface area contributed by atoms with Gasteiger partial charge in [-0.15, -0.1) is 0 Å². The molecule has 2 rings (SSSR count). The number of nitrogens with two attached hydrogens (primary N) is 1. The highest BCUT2D eigenvalue weighted by atomic mass is 32.2. The summed E-state index contributed by atoms with van der Waals surface area (Å²) in [7, 11) is -4.14. The molecule has 0 aliphatic heterocycles. The van der Waals surface area contributed by atoms with E-state index >= 15 is 0 Å². The summed E-state index contributed by atoms with van der Waals surface area (Å²) in [5.41, 5.74) is 5.03. The van der Waals surface area contributed by atoms with Crippen molar-refractivity contribution in [2.24, 2.45) is 0 Å². The Morgan fingerprint density at radius 2 is 1.70 bits per heavy atom. The minimum absolute atomic E-state index is 0.0680. The Bertz CT molecular complexity index is 760. The number of nitrogen functional groups attached to an aromatic ring is 1. The van der Waals surface area contributed by atoms with E-state index in [1.54, 1.807) is 0 Å². The molecular formula is C13H10F3NO2S. The zero-order chi connectivity index (χ0) is 14.9. The Morgan fingerprint density at radius 3 is 2.35 bits per heavy atom. The lowest BCUT2D eigenvalue weighted by Crippen LogP contribution is -2.09. The number of rotatable bonds is 3. The van der Waals surface area contributed by atoms with Crippen molar-refractivity contribution in [2.45, 2.75) is 10.6 Å². The van der Waals surface area contributed by atoms with E-state index in [9.17, 15) is 21.6 Å². The maximum absolute atomic E-state index is 13.6. The van der Waals surface area contributed by atoms with Crippen LogP contribution in [0, 0.1) is 17.5 Å². The van der Waals surface area contributed by atoms with Gasteiger partial charge in [0.05, 0.1) is 5.75 Å². The SMILES string of the molecule is Nc1ccc(S(=O)(=O)Cc2cccc(F)c2F)c(F)c1.